The molecule has 0 spiro atoms. The number of rotatable bonds is 6. The summed E-state index contributed by atoms with van der Waals surface area (Å²) in [7, 11) is 3.90. The molecule has 1 aliphatic heterocycles. The molecule has 1 aliphatic rings. The standard InChI is InChI=1S/C22H23N3O3S/c1-4-15-5-9-17(10-6-15)23-20(26)14-25-21(27)19(29-22(25)28)13-16-7-11-18(12-8-16)24(2)3/h5-13H,4,14H2,1-3H3,(H,23,26)/b19-13+. The minimum atomic E-state index is -0.451. The number of aryl methyl sites for hydroxylation is 1. The summed E-state index contributed by atoms with van der Waals surface area (Å²) in [5.41, 5.74) is 3.66. The van der Waals surface area contributed by atoms with Crippen LogP contribution in [0, 0.1) is 0 Å². The number of nitrogens with one attached hydrogen (secondary N) is 1. The van der Waals surface area contributed by atoms with Crippen molar-refractivity contribution < 1.29 is 14.4 Å². The van der Waals surface area contributed by atoms with Crippen molar-refractivity contribution in [3.05, 3.63) is 64.6 Å². The Morgan fingerprint density at radius 3 is 2.31 bits per heavy atom. The fourth-order valence-corrected chi connectivity index (χ4v) is 3.66. The van der Waals surface area contributed by atoms with E-state index >= 15 is 0 Å². The van der Waals surface area contributed by atoms with Gasteiger partial charge in [0, 0.05) is 25.5 Å². The number of imide groups is 1. The van der Waals surface area contributed by atoms with Gasteiger partial charge in [0.1, 0.15) is 6.54 Å². The van der Waals surface area contributed by atoms with Crippen LogP contribution >= 0.6 is 11.8 Å². The van der Waals surface area contributed by atoms with Gasteiger partial charge < -0.3 is 10.2 Å². The third-order valence-corrected chi connectivity index (χ3v) is 5.44. The second kappa shape index (κ2) is 8.96. The second-order valence-corrected chi connectivity index (χ2v) is 7.85. The maximum Gasteiger partial charge on any atom is 0.294 e. The molecule has 3 rings (SSSR count). The summed E-state index contributed by atoms with van der Waals surface area (Å²) in [5, 5.41) is 2.28. The highest BCUT2D eigenvalue weighted by atomic mass is 32.2. The van der Waals surface area contributed by atoms with Crippen LogP contribution in [0.5, 0.6) is 0 Å². The van der Waals surface area contributed by atoms with Gasteiger partial charge in [0.15, 0.2) is 0 Å². The minimum Gasteiger partial charge on any atom is -0.378 e. The van der Waals surface area contributed by atoms with Crippen LogP contribution in [-0.4, -0.2) is 42.6 Å². The van der Waals surface area contributed by atoms with Crippen molar-refractivity contribution in [2.24, 2.45) is 0 Å². The lowest BCUT2D eigenvalue weighted by Crippen LogP contribution is -2.36. The summed E-state index contributed by atoms with van der Waals surface area (Å²) in [6.07, 6.45) is 2.58. The van der Waals surface area contributed by atoms with Crippen molar-refractivity contribution in [2.45, 2.75) is 13.3 Å². The Morgan fingerprint density at radius 2 is 1.72 bits per heavy atom. The predicted octanol–water partition coefficient (Wildman–Crippen LogP) is 3.99. The fraction of sp³-hybridized carbons (Fsp3) is 0.227. The summed E-state index contributed by atoms with van der Waals surface area (Å²) in [6, 6.07) is 15.1. The number of carbonyl (C=O) groups excluding carboxylic acids is 3. The van der Waals surface area contributed by atoms with Crippen LogP contribution in [-0.2, 0) is 16.0 Å². The van der Waals surface area contributed by atoms with E-state index in [1.54, 1.807) is 6.08 Å². The number of carbonyl (C=O) groups is 3. The molecule has 3 amide bonds. The lowest BCUT2D eigenvalue weighted by Gasteiger charge is -2.13. The van der Waals surface area contributed by atoms with Gasteiger partial charge in [-0.25, -0.2) is 0 Å². The summed E-state index contributed by atoms with van der Waals surface area (Å²) < 4.78 is 0. The molecule has 0 aromatic heterocycles. The molecule has 29 heavy (non-hydrogen) atoms. The van der Waals surface area contributed by atoms with Crippen molar-refractivity contribution in [3.63, 3.8) is 0 Å². The maximum atomic E-state index is 12.6. The van der Waals surface area contributed by atoms with Crippen molar-refractivity contribution in [1.29, 1.82) is 0 Å². The van der Waals surface area contributed by atoms with Crippen LogP contribution in [0.2, 0.25) is 0 Å². The zero-order valence-electron chi connectivity index (χ0n) is 16.6. The molecule has 1 N–H and O–H groups in total. The molecule has 2 aromatic rings. The molecular formula is C22H23N3O3S. The van der Waals surface area contributed by atoms with E-state index in [2.05, 4.69) is 12.2 Å². The molecule has 7 heteroatoms. The molecule has 2 aromatic carbocycles. The number of nitrogens with zero attached hydrogens (tertiary/aromatic N) is 2. The van der Waals surface area contributed by atoms with Crippen LogP contribution in [0.1, 0.15) is 18.1 Å². The zero-order chi connectivity index (χ0) is 21.0. The Kier molecular flexibility index (Phi) is 6.39. The Balaban J connectivity index is 1.65. The number of thioether (sulfide) groups is 1. The summed E-state index contributed by atoms with van der Waals surface area (Å²) in [4.78, 5) is 40.4. The SMILES string of the molecule is CCc1ccc(NC(=O)CN2C(=O)S/C(=C/c3ccc(N(C)C)cc3)C2=O)cc1. The fourth-order valence-electron chi connectivity index (χ4n) is 2.82. The van der Waals surface area contributed by atoms with E-state index < -0.39 is 17.1 Å². The number of amides is 3. The van der Waals surface area contributed by atoms with E-state index in [1.165, 1.54) is 0 Å². The first-order valence-corrected chi connectivity index (χ1v) is 10.1. The zero-order valence-corrected chi connectivity index (χ0v) is 17.5. The Hall–Kier alpha value is -3.06. The molecule has 1 heterocycles. The van der Waals surface area contributed by atoms with Crippen LogP contribution in [0.25, 0.3) is 6.08 Å². The maximum absolute atomic E-state index is 12.6. The van der Waals surface area contributed by atoms with Gasteiger partial charge in [0.05, 0.1) is 4.91 Å². The summed E-state index contributed by atoms with van der Waals surface area (Å²) >= 11 is 0.848. The van der Waals surface area contributed by atoms with Crippen LogP contribution in [0.3, 0.4) is 0 Å². The van der Waals surface area contributed by atoms with Crippen molar-refractivity contribution >= 4 is 46.3 Å². The smallest absolute Gasteiger partial charge is 0.294 e. The average molecular weight is 410 g/mol. The largest absolute Gasteiger partial charge is 0.378 e. The van der Waals surface area contributed by atoms with Gasteiger partial charge in [0.25, 0.3) is 11.1 Å². The van der Waals surface area contributed by atoms with Gasteiger partial charge in [0.2, 0.25) is 5.91 Å². The highest BCUT2D eigenvalue weighted by Gasteiger charge is 2.36. The average Bonchev–Trinajstić information content (AvgIpc) is 2.96. The van der Waals surface area contributed by atoms with E-state index in [-0.39, 0.29) is 6.54 Å². The van der Waals surface area contributed by atoms with Crippen molar-refractivity contribution in [2.75, 3.05) is 30.9 Å². The first kappa shape index (κ1) is 20.7. The highest BCUT2D eigenvalue weighted by molar-refractivity contribution is 8.18. The normalized spacial score (nSPS) is 15.1. The molecule has 0 saturated carbocycles. The molecular weight excluding hydrogens is 386 g/mol. The van der Waals surface area contributed by atoms with E-state index in [9.17, 15) is 14.4 Å². The van der Waals surface area contributed by atoms with Crippen LogP contribution in [0.15, 0.2) is 53.4 Å². The molecule has 0 bridgehead atoms. The van der Waals surface area contributed by atoms with Gasteiger partial charge >= 0.3 is 0 Å². The van der Waals surface area contributed by atoms with E-state index in [0.29, 0.717) is 10.6 Å². The number of benzene rings is 2. The molecule has 150 valence electrons. The molecule has 6 nitrogen and oxygen atoms in total. The number of anilines is 2. The number of hydrogen-bond acceptors (Lipinski definition) is 5. The molecule has 1 fully saturated rings. The van der Waals surface area contributed by atoms with Gasteiger partial charge in [-0.15, -0.1) is 0 Å². The third kappa shape index (κ3) is 5.06. The summed E-state index contributed by atoms with van der Waals surface area (Å²) in [5.74, 6) is -0.860. The van der Waals surface area contributed by atoms with Gasteiger partial charge in [-0.3, -0.25) is 19.3 Å². The predicted molar refractivity (Wildman–Crippen MR) is 118 cm³/mol. The first-order valence-electron chi connectivity index (χ1n) is 9.29. The van der Waals surface area contributed by atoms with Gasteiger partial charge in [-0.05, 0) is 59.7 Å². The molecule has 0 radical (unpaired) electrons. The second-order valence-electron chi connectivity index (χ2n) is 6.85. The quantitative estimate of drug-likeness (QED) is 0.731. The summed E-state index contributed by atoms with van der Waals surface area (Å²) in [6.45, 7) is 1.74. The minimum absolute atomic E-state index is 0.308. The Bertz CT molecular complexity index is 950. The lowest BCUT2D eigenvalue weighted by molar-refractivity contribution is -0.127. The third-order valence-electron chi connectivity index (χ3n) is 4.53. The van der Waals surface area contributed by atoms with E-state index in [0.717, 1.165) is 39.9 Å². The van der Waals surface area contributed by atoms with Crippen molar-refractivity contribution in [1.82, 2.24) is 4.90 Å². The Labute approximate surface area is 174 Å². The van der Waals surface area contributed by atoms with Gasteiger partial charge in [-0.2, -0.15) is 0 Å². The molecule has 0 atom stereocenters. The van der Waals surface area contributed by atoms with Gasteiger partial charge in [-0.1, -0.05) is 31.2 Å². The molecule has 1 saturated heterocycles. The monoisotopic (exact) mass is 409 g/mol. The van der Waals surface area contributed by atoms with E-state index in [4.69, 9.17) is 0 Å². The Morgan fingerprint density at radius 1 is 1.07 bits per heavy atom. The van der Waals surface area contributed by atoms with Crippen LogP contribution < -0.4 is 10.2 Å². The van der Waals surface area contributed by atoms with Crippen molar-refractivity contribution in [3.8, 4) is 0 Å². The molecule has 0 unspecified atom stereocenters. The molecule has 0 aliphatic carbocycles. The van der Waals surface area contributed by atoms with E-state index in [1.807, 2.05) is 67.5 Å². The first-order chi connectivity index (χ1) is 13.9. The highest BCUT2D eigenvalue weighted by Crippen LogP contribution is 2.32. The topological polar surface area (TPSA) is 69.7 Å². The lowest BCUT2D eigenvalue weighted by atomic mass is 10.1. The number of hydrogen-bond donors (Lipinski definition) is 1. The van der Waals surface area contributed by atoms with Crippen LogP contribution in [0.4, 0.5) is 16.2 Å².